The predicted octanol–water partition coefficient (Wildman–Crippen LogP) is 1.47. The van der Waals surface area contributed by atoms with Crippen molar-refractivity contribution in [1.82, 2.24) is 25.8 Å². The van der Waals surface area contributed by atoms with Gasteiger partial charge in [-0.05, 0) is 45.0 Å². The maximum absolute atomic E-state index is 12.0. The first-order valence-electron chi connectivity index (χ1n) is 9.19. The first-order chi connectivity index (χ1) is 12.2. The quantitative estimate of drug-likeness (QED) is 0.230. The lowest BCUT2D eigenvalue weighted by molar-refractivity contribution is 0.0954. The summed E-state index contributed by atoms with van der Waals surface area (Å²) in [5.74, 6) is 0.697. The summed E-state index contributed by atoms with van der Waals surface area (Å²) in [5, 5.41) is 9.41. The van der Waals surface area contributed by atoms with E-state index in [4.69, 9.17) is 4.99 Å². The van der Waals surface area contributed by atoms with Crippen molar-refractivity contribution >= 4 is 35.8 Å². The van der Waals surface area contributed by atoms with Gasteiger partial charge in [-0.2, -0.15) is 0 Å². The van der Waals surface area contributed by atoms with Crippen molar-refractivity contribution in [3.05, 3.63) is 30.1 Å². The Morgan fingerprint density at radius 1 is 1.31 bits per heavy atom. The minimum absolute atomic E-state index is 0. The van der Waals surface area contributed by atoms with Gasteiger partial charge in [0.25, 0.3) is 5.91 Å². The number of aliphatic imine (C=N–C) groups is 1. The van der Waals surface area contributed by atoms with E-state index in [0.717, 1.165) is 25.6 Å². The van der Waals surface area contributed by atoms with Gasteiger partial charge in [-0.15, -0.1) is 24.0 Å². The number of likely N-dealkylation sites (N-methyl/N-ethyl adjacent to an activating group) is 1. The number of hydrogen-bond acceptors (Lipinski definition) is 4. The first-order valence-corrected chi connectivity index (χ1v) is 9.19. The third-order valence-corrected chi connectivity index (χ3v) is 4.34. The van der Waals surface area contributed by atoms with Crippen molar-refractivity contribution in [3.8, 4) is 0 Å². The van der Waals surface area contributed by atoms with Gasteiger partial charge in [-0.3, -0.25) is 19.7 Å². The number of nitrogens with one attached hydrogen (secondary N) is 3. The molecule has 1 fully saturated rings. The Balaban J connectivity index is 0.00000338. The van der Waals surface area contributed by atoms with Crippen LogP contribution < -0.4 is 16.0 Å². The van der Waals surface area contributed by atoms with Crippen LogP contribution in [0.25, 0.3) is 0 Å². The van der Waals surface area contributed by atoms with Crippen LogP contribution in [0.2, 0.25) is 0 Å². The van der Waals surface area contributed by atoms with E-state index in [-0.39, 0.29) is 29.9 Å². The average molecular weight is 474 g/mol. The maximum atomic E-state index is 12.0. The molecule has 146 valence electrons. The Bertz CT molecular complexity index is 554. The van der Waals surface area contributed by atoms with Crippen LogP contribution in [0.1, 0.15) is 37.0 Å². The van der Waals surface area contributed by atoms with Crippen molar-refractivity contribution in [2.24, 2.45) is 4.99 Å². The number of pyridine rings is 1. The van der Waals surface area contributed by atoms with Crippen LogP contribution >= 0.6 is 24.0 Å². The fourth-order valence-corrected chi connectivity index (χ4v) is 3.01. The van der Waals surface area contributed by atoms with Crippen molar-refractivity contribution in [3.63, 3.8) is 0 Å². The van der Waals surface area contributed by atoms with E-state index < -0.39 is 0 Å². The van der Waals surface area contributed by atoms with Gasteiger partial charge in [0.05, 0.1) is 12.1 Å². The van der Waals surface area contributed by atoms with Crippen LogP contribution in [0.15, 0.2) is 29.5 Å². The molecule has 8 heteroatoms. The van der Waals surface area contributed by atoms with E-state index in [2.05, 4.69) is 39.7 Å². The molecule has 3 N–H and O–H groups in total. The van der Waals surface area contributed by atoms with Crippen LogP contribution in [-0.2, 0) is 0 Å². The summed E-state index contributed by atoms with van der Waals surface area (Å²) in [6.07, 6.45) is 5.70. The number of likely N-dealkylation sites (tertiary alicyclic amines) is 1. The predicted molar refractivity (Wildman–Crippen MR) is 116 cm³/mol. The van der Waals surface area contributed by atoms with Crippen molar-refractivity contribution in [1.29, 1.82) is 0 Å². The van der Waals surface area contributed by atoms with Crippen LogP contribution in [0.3, 0.4) is 0 Å². The van der Waals surface area contributed by atoms with E-state index in [0.29, 0.717) is 24.7 Å². The van der Waals surface area contributed by atoms with Crippen LogP contribution in [-0.4, -0.2) is 67.1 Å². The Morgan fingerprint density at radius 2 is 2.12 bits per heavy atom. The second kappa shape index (κ2) is 12.9. The third kappa shape index (κ3) is 7.45. The molecule has 0 spiro atoms. The molecule has 1 aliphatic heterocycles. The SMILES string of the molecule is CCNC(=NCC1CCCN1CC)NCCNC(=O)c1cccnc1.I. The van der Waals surface area contributed by atoms with Gasteiger partial charge >= 0.3 is 0 Å². The number of halogens is 1. The number of carbonyl (C=O) groups excluding carboxylic acids is 1. The Labute approximate surface area is 173 Å². The van der Waals surface area contributed by atoms with Gasteiger partial charge in [0.1, 0.15) is 0 Å². The molecule has 26 heavy (non-hydrogen) atoms. The first kappa shape index (κ1) is 22.6. The molecule has 1 aliphatic rings. The molecule has 1 amide bonds. The normalized spacial score (nSPS) is 17.5. The fourth-order valence-electron chi connectivity index (χ4n) is 3.01. The molecule has 1 unspecified atom stereocenters. The standard InChI is InChI=1S/C18H30N6O.HI/c1-3-20-18(23-14-16-8-6-12-24(16)4-2)22-11-10-21-17(25)15-7-5-9-19-13-15;/h5,7,9,13,16H,3-4,6,8,10-12,14H2,1-2H3,(H,21,25)(H2,20,22,23);1H. The van der Waals surface area contributed by atoms with Crippen molar-refractivity contribution < 1.29 is 4.79 Å². The molecule has 0 saturated carbocycles. The van der Waals surface area contributed by atoms with Crippen molar-refractivity contribution in [2.75, 3.05) is 39.3 Å². The van der Waals surface area contributed by atoms with Gasteiger partial charge in [-0.1, -0.05) is 6.92 Å². The van der Waals surface area contributed by atoms with Crippen LogP contribution in [0.4, 0.5) is 0 Å². The van der Waals surface area contributed by atoms with Crippen LogP contribution in [0, 0.1) is 0 Å². The molecule has 1 saturated heterocycles. The van der Waals surface area contributed by atoms with Gasteiger partial charge in [0, 0.05) is 38.1 Å². The molecule has 0 aliphatic carbocycles. The summed E-state index contributed by atoms with van der Waals surface area (Å²) < 4.78 is 0. The number of amides is 1. The largest absolute Gasteiger partial charge is 0.357 e. The second-order valence-corrected chi connectivity index (χ2v) is 6.07. The maximum Gasteiger partial charge on any atom is 0.252 e. The van der Waals surface area contributed by atoms with Gasteiger partial charge < -0.3 is 16.0 Å². The number of carbonyl (C=O) groups is 1. The molecule has 7 nitrogen and oxygen atoms in total. The van der Waals surface area contributed by atoms with Crippen LogP contribution in [0.5, 0.6) is 0 Å². The molecule has 1 aromatic heterocycles. The van der Waals surface area contributed by atoms with E-state index in [1.165, 1.54) is 19.4 Å². The molecule has 2 rings (SSSR count). The highest BCUT2D eigenvalue weighted by atomic mass is 127. The summed E-state index contributed by atoms with van der Waals surface area (Å²) in [4.78, 5) is 23.1. The third-order valence-electron chi connectivity index (χ3n) is 4.34. The molecule has 2 heterocycles. The highest BCUT2D eigenvalue weighted by molar-refractivity contribution is 14.0. The fraction of sp³-hybridized carbons (Fsp3) is 0.611. The van der Waals surface area contributed by atoms with E-state index in [1.54, 1.807) is 24.5 Å². The average Bonchev–Trinajstić information content (AvgIpc) is 3.11. The number of hydrogen-bond donors (Lipinski definition) is 3. The van der Waals surface area contributed by atoms with E-state index in [9.17, 15) is 4.79 Å². The van der Waals surface area contributed by atoms with Gasteiger partial charge in [-0.25, -0.2) is 0 Å². The highest BCUT2D eigenvalue weighted by Gasteiger charge is 2.22. The highest BCUT2D eigenvalue weighted by Crippen LogP contribution is 2.16. The Morgan fingerprint density at radius 3 is 2.81 bits per heavy atom. The number of nitrogens with zero attached hydrogens (tertiary/aromatic N) is 3. The summed E-state index contributed by atoms with van der Waals surface area (Å²) in [7, 11) is 0. The zero-order chi connectivity index (χ0) is 17.9. The zero-order valence-corrected chi connectivity index (χ0v) is 18.0. The smallest absolute Gasteiger partial charge is 0.252 e. The molecule has 0 bridgehead atoms. The summed E-state index contributed by atoms with van der Waals surface area (Å²) in [6.45, 7) is 9.31. The summed E-state index contributed by atoms with van der Waals surface area (Å²) in [5.41, 5.74) is 0.573. The lowest BCUT2D eigenvalue weighted by atomic mass is 10.2. The molecule has 0 radical (unpaired) electrons. The van der Waals surface area contributed by atoms with Gasteiger partial charge in [0.15, 0.2) is 5.96 Å². The van der Waals surface area contributed by atoms with Crippen molar-refractivity contribution in [2.45, 2.75) is 32.7 Å². The monoisotopic (exact) mass is 474 g/mol. The number of guanidine groups is 1. The zero-order valence-electron chi connectivity index (χ0n) is 15.7. The molecule has 1 aromatic rings. The Kier molecular flexibility index (Phi) is 11.2. The second-order valence-electron chi connectivity index (χ2n) is 6.07. The minimum atomic E-state index is -0.110. The number of aromatic nitrogens is 1. The minimum Gasteiger partial charge on any atom is -0.357 e. The van der Waals surface area contributed by atoms with E-state index >= 15 is 0 Å². The topological polar surface area (TPSA) is 81.7 Å². The lowest BCUT2D eigenvalue weighted by Crippen LogP contribution is -2.42. The Hall–Kier alpha value is -1.42. The molecular weight excluding hydrogens is 443 g/mol. The van der Waals surface area contributed by atoms with Gasteiger partial charge in [0.2, 0.25) is 0 Å². The lowest BCUT2D eigenvalue weighted by Gasteiger charge is -2.21. The summed E-state index contributed by atoms with van der Waals surface area (Å²) in [6, 6.07) is 4.05. The molecule has 0 aromatic carbocycles. The van der Waals surface area contributed by atoms with E-state index in [1.807, 2.05) is 0 Å². The summed E-state index contributed by atoms with van der Waals surface area (Å²) >= 11 is 0. The molecule has 1 atom stereocenters. The molecular formula is C18H31IN6O. The number of rotatable bonds is 8.